The topological polar surface area (TPSA) is 37.3 Å². The summed E-state index contributed by atoms with van der Waals surface area (Å²) in [5.74, 6) is -1.16. The molecule has 0 aliphatic heterocycles. The van der Waals surface area contributed by atoms with Gasteiger partial charge in [-0.25, -0.2) is 8.78 Å². The number of hydrogen-bond donors (Lipinski definition) is 1. The van der Waals surface area contributed by atoms with Gasteiger partial charge in [0.15, 0.2) is 0 Å². The molecule has 7 heteroatoms. The van der Waals surface area contributed by atoms with Crippen LogP contribution in [0.2, 0.25) is 0 Å². The van der Waals surface area contributed by atoms with Crippen molar-refractivity contribution < 1.29 is 18.7 Å². The molecule has 0 saturated heterocycles. The van der Waals surface area contributed by atoms with Gasteiger partial charge in [-0.1, -0.05) is 72.1 Å². The van der Waals surface area contributed by atoms with E-state index < -0.39 is 11.4 Å². The maximum Gasteiger partial charge on any atom is 0.310 e. The van der Waals surface area contributed by atoms with E-state index >= 15 is 0 Å². The fraction of sp³-hybridized carbons (Fsp3) is 0.381. The number of benzene rings is 2. The second-order valence-electron chi connectivity index (χ2n) is 7.93. The summed E-state index contributed by atoms with van der Waals surface area (Å²) in [6.07, 6.45) is 2.46. The van der Waals surface area contributed by atoms with Crippen molar-refractivity contribution in [2.24, 2.45) is 5.41 Å². The average Bonchev–Trinajstić information content (AvgIpc) is 3.54. The summed E-state index contributed by atoms with van der Waals surface area (Å²) in [5, 5.41) is 9.82. The lowest BCUT2D eigenvalue weighted by molar-refractivity contribution is -0.140. The molecule has 0 amide bonds. The molecule has 28 heavy (non-hydrogen) atoms. The van der Waals surface area contributed by atoms with Crippen molar-refractivity contribution in [3.05, 3.63) is 71.3 Å². The number of hydrogen-bond acceptors (Lipinski definition) is 1. The van der Waals surface area contributed by atoms with E-state index in [0.29, 0.717) is 0 Å². The lowest BCUT2D eigenvalue weighted by Crippen LogP contribution is -2.15. The van der Waals surface area contributed by atoms with Crippen molar-refractivity contribution in [3.8, 4) is 0 Å². The molecule has 0 heterocycles. The van der Waals surface area contributed by atoms with Gasteiger partial charge in [-0.05, 0) is 54.7 Å². The molecule has 5 rings (SSSR count). The third kappa shape index (κ3) is 3.00. The van der Waals surface area contributed by atoms with Gasteiger partial charge in [-0.15, -0.1) is 0 Å². The fourth-order valence-electron chi connectivity index (χ4n) is 4.13. The third-order valence-electron chi connectivity index (χ3n) is 6.40. The molecule has 3 fully saturated rings. The minimum Gasteiger partial charge on any atom is -0.481 e. The van der Waals surface area contributed by atoms with Crippen LogP contribution >= 0.6 is 47.8 Å². The second kappa shape index (κ2) is 6.61. The lowest BCUT2D eigenvalue weighted by atomic mass is 9.98. The van der Waals surface area contributed by atoms with E-state index in [1.807, 2.05) is 12.1 Å². The standard InChI is InChI=1S/C11H9FO2.C10H8Br3F/c12-8-3-1-7(2-4-8)10-5-11(10,6-10)9(13)14;11-6-9(5-10(9,12)13)7-1-3-8(14)4-2-7/h1-4H,5-6H2,(H,13,14);1-4H,5-6H2. The second-order valence-corrected chi connectivity index (χ2v) is 12.3. The molecule has 3 aliphatic rings. The van der Waals surface area contributed by atoms with E-state index in [2.05, 4.69) is 47.8 Å². The number of carboxylic acid groups (broad SMARTS) is 1. The van der Waals surface area contributed by atoms with E-state index in [-0.39, 0.29) is 25.7 Å². The summed E-state index contributed by atoms with van der Waals surface area (Å²) in [5.41, 5.74) is 1.55. The fourth-order valence-corrected chi connectivity index (χ4v) is 7.58. The first-order chi connectivity index (χ1) is 13.1. The normalized spacial score (nSPS) is 33.2. The summed E-state index contributed by atoms with van der Waals surface area (Å²) >= 11 is 10.7. The summed E-state index contributed by atoms with van der Waals surface area (Å²) in [6, 6.07) is 12.9. The first kappa shape index (κ1) is 20.5. The zero-order valence-corrected chi connectivity index (χ0v) is 19.5. The molecule has 1 N–H and O–H groups in total. The minimum absolute atomic E-state index is 0.0334. The highest BCUT2D eigenvalue weighted by Crippen LogP contribution is 2.85. The lowest BCUT2D eigenvalue weighted by Gasteiger charge is -2.15. The van der Waals surface area contributed by atoms with Gasteiger partial charge in [0.05, 0.1) is 8.65 Å². The Hall–Kier alpha value is -0.790. The predicted octanol–water partition coefficient (Wildman–Crippen LogP) is 6.29. The smallest absolute Gasteiger partial charge is 0.310 e. The largest absolute Gasteiger partial charge is 0.481 e. The van der Waals surface area contributed by atoms with Crippen LogP contribution in [-0.4, -0.2) is 19.6 Å². The number of alkyl halides is 3. The predicted molar refractivity (Wildman–Crippen MR) is 114 cm³/mol. The van der Waals surface area contributed by atoms with Gasteiger partial charge < -0.3 is 5.11 Å². The van der Waals surface area contributed by atoms with Crippen LogP contribution in [0.4, 0.5) is 8.78 Å². The highest BCUT2D eigenvalue weighted by molar-refractivity contribution is 9.25. The van der Waals surface area contributed by atoms with Crippen LogP contribution in [0.15, 0.2) is 48.5 Å². The molecule has 0 aromatic heterocycles. The van der Waals surface area contributed by atoms with Gasteiger partial charge in [-0.3, -0.25) is 4.79 Å². The Bertz CT molecular complexity index is 922. The number of fused-ring (bicyclic) bond motifs is 1. The minimum atomic E-state index is -0.707. The number of rotatable bonds is 4. The Labute approximate surface area is 187 Å². The molecule has 0 radical (unpaired) electrons. The molecule has 0 spiro atoms. The van der Waals surface area contributed by atoms with Crippen LogP contribution in [0, 0.1) is 17.0 Å². The maximum absolute atomic E-state index is 12.8. The van der Waals surface area contributed by atoms with Gasteiger partial charge in [0, 0.05) is 16.2 Å². The van der Waals surface area contributed by atoms with Crippen molar-refractivity contribution in [1.82, 2.24) is 0 Å². The van der Waals surface area contributed by atoms with Crippen LogP contribution in [-0.2, 0) is 15.6 Å². The number of carboxylic acids is 1. The molecule has 0 bridgehead atoms. The van der Waals surface area contributed by atoms with Crippen molar-refractivity contribution in [3.63, 3.8) is 0 Å². The third-order valence-corrected chi connectivity index (χ3v) is 9.44. The molecule has 2 aromatic rings. The molecular formula is C21H17Br3F2O2. The first-order valence-electron chi connectivity index (χ1n) is 8.82. The molecule has 3 saturated carbocycles. The molecule has 2 aromatic carbocycles. The molecule has 1 atom stereocenters. The summed E-state index contributed by atoms with van der Waals surface area (Å²) in [6.45, 7) is 0. The van der Waals surface area contributed by atoms with Gasteiger partial charge in [0.25, 0.3) is 0 Å². The van der Waals surface area contributed by atoms with Crippen LogP contribution in [0.5, 0.6) is 0 Å². The number of aliphatic carboxylic acids is 1. The monoisotopic (exact) mass is 576 g/mol. The van der Waals surface area contributed by atoms with Crippen LogP contribution in [0.1, 0.15) is 30.4 Å². The van der Waals surface area contributed by atoms with Crippen molar-refractivity contribution in [2.75, 3.05) is 5.33 Å². The Morgan fingerprint density at radius 3 is 1.64 bits per heavy atom. The van der Waals surface area contributed by atoms with Crippen molar-refractivity contribution in [1.29, 1.82) is 0 Å². The van der Waals surface area contributed by atoms with Crippen LogP contribution in [0.25, 0.3) is 0 Å². The summed E-state index contributed by atoms with van der Waals surface area (Å²) in [7, 11) is 0. The SMILES string of the molecule is Fc1ccc(C2(CBr)CC2(Br)Br)cc1.O=C(O)C12CC1(c1ccc(F)cc1)C2. The van der Waals surface area contributed by atoms with E-state index in [1.165, 1.54) is 24.3 Å². The molecule has 1 unspecified atom stereocenters. The molecule has 3 aliphatic carbocycles. The van der Waals surface area contributed by atoms with Gasteiger partial charge in [-0.2, -0.15) is 0 Å². The quantitative estimate of drug-likeness (QED) is 0.433. The van der Waals surface area contributed by atoms with Gasteiger partial charge in [0.2, 0.25) is 0 Å². The highest BCUT2D eigenvalue weighted by Gasteiger charge is 2.88. The zero-order chi connectivity index (χ0) is 20.4. The molecule has 148 valence electrons. The Morgan fingerprint density at radius 2 is 1.32 bits per heavy atom. The number of halogens is 5. The Balaban J connectivity index is 0.000000137. The van der Waals surface area contributed by atoms with Gasteiger partial charge in [0.1, 0.15) is 11.6 Å². The van der Waals surface area contributed by atoms with E-state index in [0.717, 1.165) is 35.7 Å². The van der Waals surface area contributed by atoms with E-state index in [1.54, 1.807) is 12.1 Å². The maximum atomic E-state index is 12.8. The molecular weight excluding hydrogens is 562 g/mol. The van der Waals surface area contributed by atoms with Crippen LogP contribution < -0.4 is 0 Å². The summed E-state index contributed by atoms with van der Waals surface area (Å²) < 4.78 is 25.4. The Morgan fingerprint density at radius 1 is 0.893 bits per heavy atom. The van der Waals surface area contributed by atoms with Crippen molar-refractivity contribution in [2.45, 2.75) is 33.3 Å². The van der Waals surface area contributed by atoms with E-state index in [4.69, 9.17) is 5.11 Å². The van der Waals surface area contributed by atoms with E-state index in [9.17, 15) is 13.6 Å². The molecule has 2 nitrogen and oxygen atoms in total. The van der Waals surface area contributed by atoms with Crippen molar-refractivity contribution >= 4 is 53.8 Å². The van der Waals surface area contributed by atoms with Crippen LogP contribution in [0.3, 0.4) is 0 Å². The highest BCUT2D eigenvalue weighted by atomic mass is 79.9. The number of carbonyl (C=O) groups is 1. The average molecular weight is 579 g/mol. The van der Waals surface area contributed by atoms with Gasteiger partial charge >= 0.3 is 5.97 Å². The first-order valence-corrected chi connectivity index (χ1v) is 11.5. The zero-order valence-electron chi connectivity index (χ0n) is 14.7. The Kier molecular flexibility index (Phi) is 4.83. The summed E-state index contributed by atoms with van der Waals surface area (Å²) in [4.78, 5) is 10.9.